The van der Waals surface area contributed by atoms with E-state index in [1.165, 1.54) is 17.4 Å². The number of thiophene rings is 1. The van der Waals surface area contributed by atoms with E-state index < -0.39 is 5.97 Å². The minimum atomic E-state index is -0.467. The van der Waals surface area contributed by atoms with Crippen molar-refractivity contribution in [2.45, 2.75) is 6.92 Å². The van der Waals surface area contributed by atoms with Crippen LogP contribution in [0.15, 0.2) is 35.7 Å². The number of halogens is 1. The molecular weight excluding hydrogens is 343 g/mol. The van der Waals surface area contributed by atoms with E-state index in [9.17, 15) is 14.0 Å². The number of nitrogens with zero attached hydrogens (tertiary/aromatic N) is 2. The van der Waals surface area contributed by atoms with Crippen molar-refractivity contribution in [1.29, 1.82) is 0 Å². The van der Waals surface area contributed by atoms with Gasteiger partial charge in [-0.25, -0.2) is 9.18 Å². The zero-order valence-electron chi connectivity index (χ0n) is 13.9. The molecule has 7 heteroatoms. The Morgan fingerprint density at radius 2 is 1.88 bits per heavy atom. The van der Waals surface area contributed by atoms with Crippen LogP contribution in [0.2, 0.25) is 0 Å². The minimum absolute atomic E-state index is 0.226. The largest absolute Gasteiger partial charge is 0.451 e. The molecule has 1 fully saturated rings. The summed E-state index contributed by atoms with van der Waals surface area (Å²) in [5, 5.41) is 1.82. The number of anilines is 1. The second-order valence-corrected chi connectivity index (χ2v) is 6.74. The summed E-state index contributed by atoms with van der Waals surface area (Å²) in [5.74, 6) is -0.955. The summed E-state index contributed by atoms with van der Waals surface area (Å²) >= 11 is 1.30. The van der Waals surface area contributed by atoms with Gasteiger partial charge in [-0.2, -0.15) is 0 Å². The van der Waals surface area contributed by atoms with Crippen LogP contribution in [-0.2, 0) is 9.53 Å². The number of aryl methyl sites for hydroxylation is 1. The number of esters is 1. The van der Waals surface area contributed by atoms with Crippen LogP contribution >= 0.6 is 11.3 Å². The van der Waals surface area contributed by atoms with Crippen LogP contribution in [0, 0.1) is 12.7 Å². The Labute approximate surface area is 149 Å². The van der Waals surface area contributed by atoms with Crippen molar-refractivity contribution in [3.8, 4) is 0 Å². The number of rotatable bonds is 4. The van der Waals surface area contributed by atoms with Gasteiger partial charge < -0.3 is 14.5 Å². The minimum Gasteiger partial charge on any atom is -0.451 e. The highest BCUT2D eigenvalue weighted by Crippen LogP contribution is 2.20. The van der Waals surface area contributed by atoms with Crippen molar-refractivity contribution in [1.82, 2.24) is 4.90 Å². The zero-order chi connectivity index (χ0) is 17.8. The average molecular weight is 362 g/mol. The molecule has 0 bridgehead atoms. The number of ether oxygens (including phenoxy) is 1. The summed E-state index contributed by atoms with van der Waals surface area (Å²) in [5.41, 5.74) is 1.40. The maximum Gasteiger partial charge on any atom is 0.349 e. The van der Waals surface area contributed by atoms with Crippen LogP contribution < -0.4 is 4.90 Å². The van der Waals surface area contributed by atoms with Gasteiger partial charge in [0.15, 0.2) is 6.61 Å². The Hall–Kier alpha value is -2.41. The number of benzene rings is 1. The fourth-order valence-corrected chi connectivity index (χ4v) is 3.59. The first-order valence-corrected chi connectivity index (χ1v) is 8.92. The lowest BCUT2D eigenvalue weighted by Crippen LogP contribution is -2.50. The number of piperazine rings is 1. The third-order valence-electron chi connectivity index (χ3n) is 4.20. The molecule has 0 spiro atoms. The molecule has 132 valence electrons. The van der Waals surface area contributed by atoms with Gasteiger partial charge in [-0.15, -0.1) is 11.3 Å². The zero-order valence-corrected chi connectivity index (χ0v) is 14.7. The van der Waals surface area contributed by atoms with Gasteiger partial charge in [-0.05, 0) is 36.1 Å². The number of hydrogen-bond donors (Lipinski definition) is 0. The van der Waals surface area contributed by atoms with Gasteiger partial charge >= 0.3 is 5.97 Å². The van der Waals surface area contributed by atoms with E-state index in [-0.39, 0.29) is 18.3 Å². The van der Waals surface area contributed by atoms with Crippen molar-refractivity contribution >= 4 is 28.9 Å². The summed E-state index contributed by atoms with van der Waals surface area (Å²) in [6.45, 7) is 3.60. The quantitative estimate of drug-likeness (QED) is 0.785. The molecule has 1 amide bonds. The molecule has 0 N–H and O–H groups in total. The van der Waals surface area contributed by atoms with Crippen LogP contribution in [0.4, 0.5) is 10.1 Å². The Balaban J connectivity index is 1.49. The van der Waals surface area contributed by atoms with Gasteiger partial charge in [0.05, 0.1) is 5.69 Å². The predicted octanol–water partition coefficient (Wildman–Crippen LogP) is 2.70. The molecule has 1 aliphatic heterocycles. The van der Waals surface area contributed by atoms with Gasteiger partial charge in [0.2, 0.25) is 0 Å². The van der Waals surface area contributed by atoms with Crippen molar-refractivity contribution in [2.24, 2.45) is 0 Å². The van der Waals surface area contributed by atoms with E-state index in [0.717, 1.165) is 5.56 Å². The van der Waals surface area contributed by atoms with E-state index in [1.54, 1.807) is 23.1 Å². The lowest BCUT2D eigenvalue weighted by molar-refractivity contribution is -0.134. The molecule has 25 heavy (non-hydrogen) atoms. The average Bonchev–Trinajstić information content (AvgIpc) is 3.06. The first-order valence-electron chi connectivity index (χ1n) is 8.04. The van der Waals surface area contributed by atoms with Crippen LogP contribution in [0.3, 0.4) is 0 Å². The fourth-order valence-electron chi connectivity index (χ4n) is 2.77. The summed E-state index contributed by atoms with van der Waals surface area (Å²) in [4.78, 5) is 28.3. The van der Waals surface area contributed by atoms with E-state index in [2.05, 4.69) is 0 Å². The first-order chi connectivity index (χ1) is 12.1. The number of carbonyl (C=O) groups excluding carboxylic acids is 2. The van der Waals surface area contributed by atoms with Gasteiger partial charge in [-0.1, -0.05) is 12.1 Å². The monoisotopic (exact) mass is 362 g/mol. The summed E-state index contributed by atoms with van der Waals surface area (Å²) in [6.07, 6.45) is 0. The highest BCUT2D eigenvalue weighted by Gasteiger charge is 2.24. The Morgan fingerprint density at radius 1 is 1.16 bits per heavy atom. The van der Waals surface area contributed by atoms with Crippen LogP contribution in [0.1, 0.15) is 15.2 Å². The standard InChI is InChI=1S/C18H19FN2O3S/c1-13-6-11-25-17(13)18(23)24-12-16(22)21-9-7-20(8-10-21)15-5-3-2-4-14(15)19/h2-6,11H,7-10,12H2,1H3. The molecule has 0 saturated carbocycles. The summed E-state index contributed by atoms with van der Waals surface area (Å²) < 4.78 is 18.9. The van der Waals surface area contributed by atoms with E-state index in [1.807, 2.05) is 23.3 Å². The molecule has 1 aromatic carbocycles. The van der Waals surface area contributed by atoms with Crippen molar-refractivity contribution in [3.05, 3.63) is 52.0 Å². The first kappa shape index (κ1) is 17.4. The molecule has 0 aliphatic carbocycles. The third-order valence-corrected chi connectivity index (χ3v) is 5.20. The fraction of sp³-hybridized carbons (Fsp3) is 0.333. The SMILES string of the molecule is Cc1ccsc1C(=O)OCC(=O)N1CCN(c2ccccc2F)CC1. The number of hydrogen-bond acceptors (Lipinski definition) is 5. The maximum atomic E-state index is 13.8. The normalized spacial score (nSPS) is 14.5. The van der Waals surface area contributed by atoms with Gasteiger partial charge in [-0.3, -0.25) is 4.79 Å². The Morgan fingerprint density at radius 3 is 2.52 bits per heavy atom. The van der Waals surface area contributed by atoms with E-state index in [0.29, 0.717) is 36.7 Å². The number of carbonyl (C=O) groups is 2. The smallest absolute Gasteiger partial charge is 0.349 e. The third kappa shape index (κ3) is 3.99. The van der Waals surface area contributed by atoms with Crippen LogP contribution in [-0.4, -0.2) is 49.6 Å². The van der Waals surface area contributed by atoms with Crippen LogP contribution in [0.25, 0.3) is 0 Å². The molecule has 0 radical (unpaired) electrons. The molecule has 3 rings (SSSR count). The number of amides is 1. The topological polar surface area (TPSA) is 49.9 Å². The van der Waals surface area contributed by atoms with Crippen molar-refractivity contribution in [3.63, 3.8) is 0 Å². The summed E-state index contributed by atoms with van der Waals surface area (Å²) in [7, 11) is 0. The lowest BCUT2D eigenvalue weighted by Gasteiger charge is -2.36. The predicted molar refractivity (Wildman–Crippen MR) is 94.5 cm³/mol. The second-order valence-electron chi connectivity index (χ2n) is 5.83. The molecule has 1 aromatic heterocycles. The maximum absolute atomic E-state index is 13.8. The van der Waals surface area contributed by atoms with Gasteiger partial charge in [0, 0.05) is 26.2 Å². The van der Waals surface area contributed by atoms with E-state index in [4.69, 9.17) is 4.74 Å². The lowest BCUT2D eigenvalue weighted by atomic mass is 10.2. The molecule has 1 saturated heterocycles. The Kier molecular flexibility index (Phi) is 5.33. The van der Waals surface area contributed by atoms with Crippen molar-refractivity contribution < 1.29 is 18.7 Å². The second kappa shape index (κ2) is 7.65. The molecule has 2 heterocycles. The highest BCUT2D eigenvalue weighted by molar-refractivity contribution is 7.12. The molecule has 2 aromatic rings. The molecular formula is C18H19FN2O3S. The molecule has 0 atom stereocenters. The molecule has 5 nitrogen and oxygen atoms in total. The number of para-hydroxylation sites is 1. The Bertz CT molecular complexity index is 769. The van der Waals surface area contributed by atoms with E-state index >= 15 is 0 Å². The van der Waals surface area contributed by atoms with Gasteiger partial charge in [0.1, 0.15) is 10.7 Å². The highest BCUT2D eigenvalue weighted by atomic mass is 32.1. The van der Waals surface area contributed by atoms with Crippen LogP contribution in [0.5, 0.6) is 0 Å². The van der Waals surface area contributed by atoms with Gasteiger partial charge in [0.25, 0.3) is 5.91 Å². The van der Waals surface area contributed by atoms with Crippen molar-refractivity contribution in [2.75, 3.05) is 37.7 Å². The molecule has 0 unspecified atom stereocenters. The molecule has 1 aliphatic rings. The summed E-state index contributed by atoms with van der Waals surface area (Å²) in [6, 6.07) is 8.45.